The summed E-state index contributed by atoms with van der Waals surface area (Å²) >= 11 is 0. The van der Waals surface area contributed by atoms with Crippen molar-refractivity contribution in [1.29, 1.82) is 0 Å². The maximum absolute atomic E-state index is 12.3. The van der Waals surface area contributed by atoms with Gasteiger partial charge in [-0.1, -0.05) is 18.2 Å². The standard InChI is InChI=1S/C20H26N4O7S/c25-19(17-12-18(23-31-17)30-11-8-14-6-9-21-10-7-14)22-13-16(20(26)27)24-32(28,29)15-4-2-1-3-5-15/h1-5,12,14,16,21,24H,6-11,13H2,(H,22,25)(H,26,27). The molecule has 1 amide bonds. The van der Waals surface area contributed by atoms with E-state index in [-0.39, 0.29) is 16.5 Å². The van der Waals surface area contributed by atoms with E-state index in [4.69, 9.17) is 9.26 Å². The average molecular weight is 467 g/mol. The Bertz CT molecular complexity index is 1000. The summed E-state index contributed by atoms with van der Waals surface area (Å²) in [6.45, 7) is 1.95. The second kappa shape index (κ2) is 11.1. The molecule has 174 valence electrons. The summed E-state index contributed by atoms with van der Waals surface area (Å²) in [5, 5.41) is 18.7. The summed E-state index contributed by atoms with van der Waals surface area (Å²) in [6, 6.07) is 7.07. The van der Waals surface area contributed by atoms with Gasteiger partial charge in [-0.15, -0.1) is 0 Å². The van der Waals surface area contributed by atoms with Crippen LogP contribution in [0.3, 0.4) is 0 Å². The van der Waals surface area contributed by atoms with Gasteiger partial charge in [-0.2, -0.15) is 4.72 Å². The minimum absolute atomic E-state index is 0.0842. The summed E-state index contributed by atoms with van der Waals surface area (Å²) in [4.78, 5) is 23.7. The molecule has 32 heavy (non-hydrogen) atoms. The number of carboxylic acids is 1. The van der Waals surface area contributed by atoms with Gasteiger partial charge >= 0.3 is 5.97 Å². The van der Waals surface area contributed by atoms with Crippen LogP contribution in [0.25, 0.3) is 0 Å². The third-order valence-corrected chi connectivity index (χ3v) is 6.55. The highest BCUT2D eigenvalue weighted by molar-refractivity contribution is 7.89. The number of nitrogens with one attached hydrogen (secondary N) is 3. The van der Waals surface area contributed by atoms with Gasteiger partial charge in [-0.3, -0.25) is 9.59 Å². The van der Waals surface area contributed by atoms with Crippen LogP contribution in [-0.4, -0.2) is 62.8 Å². The average Bonchev–Trinajstić information content (AvgIpc) is 3.26. The van der Waals surface area contributed by atoms with Crippen LogP contribution in [0.5, 0.6) is 5.88 Å². The minimum Gasteiger partial charge on any atom is -0.480 e. The number of sulfonamides is 1. The maximum atomic E-state index is 12.3. The number of hydrogen-bond donors (Lipinski definition) is 4. The number of benzene rings is 1. The van der Waals surface area contributed by atoms with Crippen molar-refractivity contribution in [3.8, 4) is 5.88 Å². The normalized spacial score (nSPS) is 15.8. The van der Waals surface area contributed by atoms with Crippen LogP contribution in [0, 0.1) is 5.92 Å². The smallest absolute Gasteiger partial charge is 0.323 e. The number of piperidine rings is 1. The third kappa shape index (κ3) is 6.77. The van der Waals surface area contributed by atoms with Crippen LogP contribution in [-0.2, 0) is 14.8 Å². The quantitative estimate of drug-likeness (QED) is 0.372. The lowest BCUT2D eigenvalue weighted by Crippen LogP contribution is -2.48. The Kier molecular flexibility index (Phi) is 8.20. The Hall–Kier alpha value is -2.96. The molecule has 0 saturated carbocycles. The van der Waals surface area contributed by atoms with E-state index in [0.717, 1.165) is 32.4 Å². The van der Waals surface area contributed by atoms with Gasteiger partial charge in [0.2, 0.25) is 15.8 Å². The first-order valence-electron chi connectivity index (χ1n) is 10.2. The molecule has 12 heteroatoms. The van der Waals surface area contributed by atoms with E-state index < -0.39 is 34.5 Å². The van der Waals surface area contributed by atoms with Gasteiger partial charge < -0.3 is 25.0 Å². The van der Waals surface area contributed by atoms with Gasteiger partial charge in [-0.05, 0) is 55.6 Å². The van der Waals surface area contributed by atoms with E-state index in [1.165, 1.54) is 30.3 Å². The van der Waals surface area contributed by atoms with E-state index in [9.17, 15) is 23.1 Å². The van der Waals surface area contributed by atoms with Crippen molar-refractivity contribution in [2.45, 2.75) is 30.2 Å². The van der Waals surface area contributed by atoms with Crippen LogP contribution in [0.2, 0.25) is 0 Å². The molecule has 11 nitrogen and oxygen atoms in total. The molecule has 1 aromatic carbocycles. The second-order valence-corrected chi connectivity index (χ2v) is 9.11. The highest BCUT2D eigenvalue weighted by Crippen LogP contribution is 2.17. The molecule has 1 aliphatic heterocycles. The fraction of sp³-hybridized carbons (Fsp3) is 0.450. The molecule has 0 aliphatic carbocycles. The molecule has 1 unspecified atom stereocenters. The number of ether oxygens (including phenoxy) is 1. The Morgan fingerprint density at radius 2 is 1.97 bits per heavy atom. The summed E-state index contributed by atoms with van der Waals surface area (Å²) in [6.07, 6.45) is 3.06. The topological polar surface area (TPSA) is 160 Å². The van der Waals surface area contributed by atoms with Crippen LogP contribution >= 0.6 is 0 Å². The molecule has 2 heterocycles. The largest absolute Gasteiger partial charge is 0.480 e. The third-order valence-electron chi connectivity index (χ3n) is 5.06. The molecule has 0 radical (unpaired) electrons. The van der Waals surface area contributed by atoms with Gasteiger partial charge in [0.25, 0.3) is 11.8 Å². The van der Waals surface area contributed by atoms with Crippen molar-refractivity contribution in [2.75, 3.05) is 26.2 Å². The summed E-state index contributed by atoms with van der Waals surface area (Å²) in [5.74, 6) is -1.61. The lowest BCUT2D eigenvalue weighted by Gasteiger charge is -2.21. The van der Waals surface area contributed by atoms with E-state index in [2.05, 4.69) is 20.5 Å². The van der Waals surface area contributed by atoms with Crippen LogP contribution in [0.4, 0.5) is 0 Å². The van der Waals surface area contributed by atoms with Crippen LogP contribution < -0.4 is 20.1 Å². The molecule has 1 fully saturated rings. The van der Waals surface area contributed by atoms with E-state index in [1.807, 2.05) is 0 Å². The lowest BCUT2D eigenvalue weighted by atomic mass is 9.95. The summed E-state index contributed by atoms with van der Waals surface area (Å²) in [5.41, 5.74) is 0. The van der Waals surface area contributed by atoms with Crippen molar-refractivity contribution in [1.82, 2.24) is 20.5 Å². The van der Waals surface area contributed by atoms with E-state index in [1.54, 1.807) is 6.07 Å². The van der Waals surface area contributed by atoms with Gasteiger partial charge in [0.1, 0.15) is 6.04 Å². The Balaban J connectivity index is 1.49. The first kappa shape index (κ1) is 23.7. The van der Waals surface area contributed by atoms with Crippen molar-refractivity contribution in [3.63, 3.8) is 0 Å². The van der Waals surface area contributed by atoms with Gasteiger partial charge in [0.05, 0.1) is 17.6 Å². The van der Waals surface area contributed by atoms with Crippen molar-refractivity contribution >= 4 is 21.9 Å². The predicted molar refractivity (Wildman–Crippen MR) is 113 cm³/mol. The molecule has 3 rings (SSSR count). The molecular weight excluding hydrogens is 440 g/mol. The number of amides is 1. The number of aromatic nitrogens is 1. The van der Waals surface area contributed by atoms with Crippen LogP contribution in [0.15, 0.2) is 45.8 Å². The number of nitrogens with zero attached hydrogens (tertiary/aromatic N) is 1. The first-order valence-corrected chi connectivity index (χ1v) is 11.7. The molecule has 4 N–H and O–H groups in total. The molecule has 1 aliphatic rings. The Morgan fingerprint density at radius 3 is 2.66 bits per heavy atom. The number of hydrogen-bond acceptors (Lipinski definition) is 8. The fourth-order valence-corrected chi connectivity index (χ4v) is 4.46. The number of carboxylic acid groups (broad SMARTS) is 1. The summed E-state index contributed by atoms with van der Waals surface area (Å²) in [7, 11) is -4.07. The number of carbonyl (C=O) groups is 2. The van der Waals surface area contributed by atoms with Gasteiger partial charge in [0, 0.05) is 6.54 Å². The van der Waals surface area contributed by atoms with Crippen molar-refractivity contribution in [3.05, 3.63) is 42.2 Å². The highest BCUT2D eigenvalue weighted by atomic mass is 32.2. The summed E-state index contributed by atoms with van der Waals surface area (Å²) < 4.78 is 37.2. The monoisotopic (exact) mass is 466 g/mol. The fourth-order valence-electron chi connectivity index (χ4n) is 3.25. The van der Waals surface area contributed by atoms with Crippen molar-refractivity contribution < 1.29 is 32.4 Å². The molecule has 0 bridgehead atoms. The molecule has 0 spiro atoms. The minimum atomic E-state index is -4.07. The van der Waals surface area contributed by atoms with E-state index >= 15 is 0 Å². The van der Waals surface area contributed by atoms with Gasteiger partial charge in [0.15, 0.2) is 0 Å². The maximum Gasteiger partial charge on any atom is 0.323 e. The predicted octanol–water partition coefficient (Wildman–Crippen LogP) is 0.605. The molecule has 2 aromatic rings. The SMILES string of the molecule is O=C(NCC(NS(=O)(=O)c1ccccc1)C(=O)O)c1cc(OCCC2CCNCC2)no1. The Labute approximate surface area is 185 Å². The molecule has 1 saturated heterocycles. The van der Waals surface area contributed by atoms with Crippen molar-refractivity contribution in [2.24, 2.45) is 5.92 Å². The van der Waals surface area contributed by atoms with Crippen LogP contribution in [0.1, 0.15) is 29.8 Å². The number of aliphatic carboxylic acids is 1. The lowest BCUT2D eigenvalue weighted by molar-refractivity contribution is -0.138. The van der Waals surface area contributed by atoms with E-state index in [0.29, 0.717) is 12.5 Å². The molecular formula is C20H26N4O7S. The zero-order valence-electron chi connectivity index (χ0n) is 17.3. The molecule has 1 aromatic heterocycles. The Morgan fingerprint density at radius 1 is 1.25 bits per heavy atom. The van der Waals surface area contributed by atoms with Gasteiger partial charge in [-0.25, -0.2) is 8.42 Å². The number of carbonyl (C=O) groups excluding carboxylic acids is 1. The number of rotatable bonds is 11. The zero-order valence-corrected chi connectivity index (χ0v) is 18.1. The zero-order chi connectivity index (χ0) is 23.0. The second-order valence-electron chi connectivity index (χ2n) is 7.40. The first-order chi connectivity index (χ1) is 15.3. The highest BCUT2D eigenvalue weighted by Gasteiger charge is 2.26. The molecule has 1 atom stereocenters.